The van der Waals surface area contributed by atoms with Gasteiger partial charge in [0, 0.05) is 31.1 Å². The molecule has 1 N–H and O–H groups in total. The van der Waals surface area contributed by atoms with Gasteiger partial charge in [0.1, 0.15) is 12.4 Å². The lowest BCUT2D eigenvalue weighted by Gasteiger charge is -2.34. The molecular formula is C22H24N2OS. The van der Waals surface area contributed by atoms with Crippen LogP contribution < -0.4 is 10.1 Å². The van der Waals surface area contributed by atoms with E-state index < -0.39 is 0 Å². The van der Waals surface area contributed by atoms with Crippen LogP contribution in [-0.2, 0) is 6.61 Å². The second-order valence-electron chi connectivity index (χ2n) is 6.55. The maximum Gasteiger partial charge on any atom is 0.119 e. The van der Waals surface area contributed by atoms with Crippen molar-refractivity contribution >= 4 is 11.3 Å². The molecule has 26 heavy (non-hydrogen) atoms. The summed E-state index contributed by atoms with van der Waals surface area (Å²) in [6.07, 6.45) is 0. The van der Waals surface area contributed by atoms with Crippen molar-refractivity contribution in [2.75, 3.05) is 26.2 Å². The highest BCUT2D eigenvalue weighted by molar-refractivity contribution is 7.10. The van der Waals surface area contributed by atoms with Gasteiger partial charge in [-0.3, -0.25) is 4.90 Å². The van der Waals surface area contributed by atoms with Crippen molar-refractivity contribution in [1.29, 1.82) is 0 Å². The molecule has 1 aliphatic rings. The molecule has 4 heteroatoms. The van der Waals surface area contributed by atoms with Crippen LogP contribution in [0.5, 0.6) is 5.75 Å². The summed E-state index contributed by atoms with van der Waals surface area (Å²) >= 11 is 1.84. The zero-order valence-electron chi connectivity index (χ0n) is 14.8. The highest BCUT2D eigenvalue weighted by Gasteiger charge is 2.24. The number of hydrogen-bond donors (Lipinski definition) is 1. The molecule has 0 saturated carbocycles. The molecule has 0 bridgehead atoms. The summed E-state index contributed by atoms with van der Waals surface area (Å²) in [7, 11) is 0. The van der Waals surface area contributed by atoms with Crippen LogP contribution in [0.2, 0.25) is 0 Å². The number of rotatable bonds is 6. The van der Waals surface area contributed by atoms with E-state index in [1.54, 1.807) is 0 Å². The second kappa shape index (κ2) is 8.49. The number of ether oxygens (including phenoxy) is 1. The minimum absolute atomic E-state index is 0.334. The van der Waals surface area contributed by atoms with Gasteiger partial charge in [-0.15, -0.1) is 11.3 Å². The van der Waals surface area contributed by atoms with Gasteiger partial charge in [-0.2, -0.15) is 0 Å². The van der Waals surface area contributed by atoms with Crippen LogP contribution in [0.4, 0.5) is 0 Å². The van der Waals surface area contributed by atoms with Crippen LogP contribution in [0.15, 0.2) is 72.1 Å². The van der Waals surface area contributed by atoms with Gasteiger partial charge in [0.05, 0.1) is 6.04 Å². The Hall–Kier alpha value is -2.14. The fourth-order valence-electron chi connectivity index (χ4n) is 3.43. The molecule has 0 unspecified atom stereocenters. The Balaban J connectivity index is 1.49. The molecule has 2 heterocycles. The lowest BCUT2D eigenvalue weighted by atomic mass is 10.0. The summed E-state index contributed by atoms with van der Waals surface area (Å²) in [5.41, 5.74) is 2.52. The Morgan fingerprint density at radius 1 is 0.923 bits per heavy atom. The number of nitrogens with one attached hydrogen (secondary N) is 1. The quantitative estimate of drug-likeness (QED) is 0.705. The third-order valence-electron chi connectivity index (χ3n) is 4.77. The molecule has 1 saturated heterocycles. The lowest BCUT2D eigenvalue weighted by Crippen LogP contribution is -2.45. The van der Waals surface area contributed by atoms with Crippen molar-refractivity contribution in [2.24, 2.45) is 0 Å². The van der Waals surface area contributed by atoms with E-state index in [1.807, 2.05) is 29.5 Å². The fourth-order valence-corrected chi connectivity index (χ4v) is 4.31. The minimum Gasteiger partial charge on any atom is -0.489 e. The number of piperazine rings is 1. The predicted molar refractivity (Wildman–Crippen MR) is 108 cm³/mol. The van der Waals surface area contributed by atoms with E-state index in [1.165, 1.54) is 16.0 Å². The summed E-state index contributed by atoms with van der Waals surface area (Å²) < 4.78 is 5.94. The fraction of sp³-hybridized carbons (Fsp3) is 0.273. The maximum atomic E-state index is 5.94. The van der Waals surface area contributed by atoms with E-state index in [-0.39, 0.29) is 0 Å². The normalized spacial score (nSPS) is 16.3. The van der Waals surface area contributed by atoms with Crippen LogP contribution in [0.1, 0.15) is 22.0 Å². The zero-order valence-corrected chi connectivity index (χ0v) is 15.6. The first-order valence-corrected chi connectivity index (χ1v) is 10.0. The summed E-state index contributed by atoms with van der Waals surface area (Å²) in [5, 5.41) is 5.62. The minimum atomic E-state index is 0.334. The molecule has 4 rings (SSSR count). The molecular weight excluding hydrogens is 340 g/mol. The van der Waals surface area contributed by atoms with Gasteiger partial charge in [-0.05, 0) is 34.7 Å². The Bertz CT molecular complexity index is 781. The number of nitrogens with zero attached hydrogens (tertiary/aromatic N) is 1. The van der Waals surface area contributed by atoms with Gasteiger partial charge in [0.2, 0.25) is 0 Å². The Kier molecular flexibility index (Phi) is 5.65. The average molecular weight is 365 g/mol. The molecule has 2 aromatic carbocycles. The predicted octanol–water partition coefficient (Wildman–Crippen LogP) is 4.32. The van der Waals surface area contributed by atoms with Gasteiger partial charge in [0.15, 0.2) is 0 Å². The first-order chi connectivity index (χ1) is 12.9. The van der Waals surface area contributed by atoms with Crippen LogP contribution in [0.25, 0.3) is 0 Å². The molecule has 1 aliphatic heterocycles. The van der Waals surface area contributed by atoms with Gasteiger partial charge >= 0.3 is 0 Å². The van der Waals surface area contributed by atoms with Crippen molar-refractivity contribution in [3.05, 3.63) is 88.1 Å². The van der Waals surface area contributed by atoms with Crippen LogP contribution in [0.3, 0.4) is 0 Å². The molecule has 3 aromatic rings. The Labute approximate surface area is 159 Å². The van der Waals surface area contributed by atoms with Gasteiger partial charge < -0.3 is 10.1 Å². The molecule has 1 atom stereocenters. The smallest absolute Gasteiger partial charge is 0.119 e. The molecule has 1 fully saturated rings. The summed E-state index contributed by atoms with van der Waals surface area (Å²) in [5.74, 6) is 0.919. The highest BCUT2D eigenvalue weighted by atomic mass is 32.1. The first-order valence-electron chi connectivity index (χ1n) is 9.15. The molecule has 3 nitrogen and oxygen atoms in total. The van der Waals surface area contributed by atoms with E-state index in [4.69, 9.17) is 4.74 Å². The van der Waals surface area contributed by atoms with Crippen molar-refractivity contribution in [1.82, 2.24) is 10.2 Å². The van der Waals surface area contributed by atoms with Crippen molar-refractivity contribution in [2.45, 2.75) is 12.6 Å². The van der Waals surface area contributed by atoms with Gasteiger partial charge in [-0.25, -0.2) is 0 Å². The first kappa shape index (κ1) is 17.3. The number of hydrogen-bond acceptors (Lipinski definition) is 4. The molecule has 0 amide bonds. The topological polar surface area (TPSA) is 24.5 Å². The second-order valence-corrected chi connectivity index (χ2v) is 7.53. The van der Waals surface area contributed by atoms with E-state index in [0.717, 1.165) is 31.9 Å². The summed E-state index contributed by atoms with van der Waals surface area (Å²) in [6.45, 7) is 4.87. The average Bonchev–Trinajstić information content (AvgIpc) is 3.23. The molecule has 0 spiro atoms. The summed E-state index contributed by atoms with van der Waals surface area (Å²) in [4.78, 5) is 3.98. The molecule has 0 aliphatic carbocycles. The van der Waals surface area contributed by atoms with Crippen LogP contribution in [0, 0.1) is 0 Å². The largest absolute Gasteiger partial charge is 0.489 e. The third kappa shape index (κ3) is 4.15. The lowest BCUT2D eigenvalue weighted by molar-refractivity contribution is 0.200. The number of benzene rings is 2. The third-order valence-corrected chi connectivity index (χ3v) is 5.70. The van der Waals surface area contributed by atoms with Crippen LogP contribution in [-0.4, -0.2) is 31.1 Å². The maximum absolute atomic E-state index is 5.94. The molecule has 0 radical (unpaired) electrons. The van der Waals surface area contributed by atoms with Gasteiger partial charge in [0.25, 0.3) is 0 Å². The Morgan fingerprint density at radius 3 is 2.38 bits per heavy atom. The zero-order chi connectivity index (χ0) is 17.6. The van der Waals surface area contributed by atoms with E-state index in [2.05, 4.69) is 64.1 Å². The Morgan fingerprint density at radius 2 is 1.69 bits per heavy atom. The van der Waals surface area contributed by atoms with Crippen molar-refractivity contribution in [3.63, 3.8) is 0 Å². The highest BCUT2D eigenvalue weighted by Crippen LogP contribution is 2.32. The van der Waals surface area contributed by atoms with Crippen molar-refractivity contribution < 1.29 is 4.74 Å². The van der Waals surface area contributed by atoms with E-state index in [0.29, 0.717) is 12.6 Å². The van der Waals surface area contributed by atoms with Crippen molar-refractivity contribution in [3.8, 4) is 5.75 Å². The van der Waals surface area contributed by atoms with E-state index in [9.17, 15) is 0 Å². The number of thiophene rings is 1. The van der Waals surface area contributed by atoms with Crippen LogP contribution >= 0.6 is 11.3 Å². The molecule has 1 aromatic heterocycles. The standard InChI is InChI=1S/C22H24N2OS/c1-2-5-18(6-3-1)17-25-20-10-8-19(9-11-20)22(21-7-4-16-26-21)24-14-12-23-13-15-24/h1-11,16,22-23H,12-15,17H2/t22-/m1/s1. The monoisotopic (exact) mass is 364 g/mol. The van der Waals surface area contributed by atoms with E-state index >= 15 is 0 Å². The summed E-state index contributed by atoms with van der Waals surface area (Å²) in [6, 6.07) is 23.6. The van der Waals surface area contributed by atoms with Gasteiger partial charge in [-0.1, -0.05) is 48.5 Å². The SMILES string of the molecule is c1ccc(COc2ccc([C@H](c3cccs3)N3CCNCC3)cc2)cc1. The molecule has 134 valence electrons.